The van der Waals surface area contributed by atoms with Gasteiger partial charge in [0.2, 0.25) is 5.78 Å². The average Bonchev–Trinajstić information content (AvgIpc) is 2.04. The maximum absolute atomic E-state index is 11.9. The van der Waals surface area contributed by atoms with E-state index in [9.17, 15) is 13.6 Å². The van der Waals surface area contributed by atoms with E-state index in [0.29, 0.717) is 0 Å². The van der Waals surface area contributed by atoms with Gasteiger partial charge in [0.25, 0.3) is 0 Å². The van der Waals surface area contributed by atoms with Crippen LogP contribution in [0, 0.1) is 0 Å². The van der Waals surface area contributed by atoms with Crippen molar-refractivity contribution in [1.82, 2.24) is 9.97 Å². The molecule has 64 valence electrons. The second-order valence-corrected chi connectivity index (χ2v) is 2.61. The van der Waals surface area contributed by atoms with Crippen LogP contribution in [0.4, 0.5) is 8.78 Å². The molecule has 0 aromatic carbocycles. The molecule has 12 heavy (non-hydrogen) atoms. The molecule has 6 heteroatoms. The van der Waals surface area contributed by atoms with Crippen LogP contribution in [0.1, 0.15) is 10.5 Å². The van der Waals surface area contributed by atoms with Crippen molar-refractivity contribution < 1.29 is 13.6 Å². The van der Waals surface area contributed by atoms with Crippen LogP contribution >= 0.6 is 15.9 Å². The maximum atomic E-state index is 11.9. The molecule has 0 saturated heterocycles. The third-order valence-electron chi connectivity index (χ3n) is 1.09. The first-order chi connectivity index (χ1) is 5.63. The number of carbonyl (C=O) groups is 1. The molecule has 0 bridgehead atoms. The highest BCUT2D eigenvalue weighted by Gasteiger charge is 2.21. The highest BCUT2D eigenvalue weighted by Crippen LogP contribution is 2.13. The van der Waals surface area contributed by atoms with E-state index in [2.05, 4.69) is 25.9 Å². The van der Waals surface area contributed by atoms with Crippen LogP contribution in [-0.2, 0) is 0 Å². The van der Waals surface area contributed by atoms with Gasteiger partial charge in [0, 0.05) is 12.4 Å². The summed E-state index contributed by atoms with van der Waals surface area (Å²) in [6.07, 6.45) is -0.565. The van der Waals surface area contributed by atoms with Crippen molar-refractivity contribution in [3.8, 4) is 0 Å². The lowest BCUT2D eigenvalue weighted by Gasteiger charge is -1.98. The molecule has 0 aliphatic rings. The van der Waals surface area contributed by atoms with Crippen LogP contribution in [0.5, 0.6) is 0 Å². The summed E-state index contributed by atoms with van der Waals surface area (Å²) in [7, 11) is 0. The minimum absolute atomic E-state index is 0.0373. The Bertz CT molecular complexity index is 305. The lowest BCUT2D eigenvalue weighted by Crippen LogP contribution is -2.13. The molecule has 1 heterocycles. The van der Waals surface area contributed by atoms with E-state index in [1.165, 1.54) is 12.4 Å². The van der Waals surface area contributed by atoms with Crippen LogP contribution in [-0.4, -0.2) is 22.2 Å². The summed E-state index contributed by atoms with van der Waals surface area (Å²) in [4.78, 5) is 17.7. The molecule has 0 fully saturated rings. The molecule has 1 aromatic heterocycles. The maximum Gasteiger partial charge on any atom is 0.302 e. The van der Waals surface area contributed by atoms with Gasteiger partial charge in [0.05, 0.1) is 0 Å². The molecule has 0 spiro atoms. The zero-order valence-electron chi connectivity index (χ0n) is 5.67. The highest BCUT2D eigenvalue weighted by atomic mass is 79.9. The van der Waals surface area contributed by atoms with E-state index in [1.807, 2.05) is 0 Å². The summed E-state index contributed by atoms with van der Waals surface area (Å²) in [5.74, 6) is -1.32. The Morgan fingerprint density at radius 2 is 2.00 bits per heavy atom. The van der Waals surface area contributed by atoms with Crippen molar-refractivity contribution in [2.45, 2.75) is 6.43 Å². The first-order valence-corrected chi connectivity index (χ1v) is 3.71. The topological polar surface area (TPSA) is 42.9 Å². The summed E-state index contributed by atoms with van der Waals surface area (Å²) in [5.41, 5.74) is -0.340. The number of aromatic nitrogens is 2. The van der Waals surface area contributed by atoms with E-state index in [-0.39, 0.29) is 10.3 Å². The number of carbonyl (C=O) groups excluding carboxylic acids is 1. The molecule has 1 rings (SSSR count). The van der Waals surface area contributed by atoms with E-state index in [0.717, 1.165) is 0 Å². The fourth-order valence-corrected chi connectivity index (χ4v) is 1.01. The number of hydrogen-bond acceptors (Lipinski definition) is 3. The summed E-state index contributed by atoms with van der Waals surface area (Å²) >= 11 is 2.84. The molecule has 1 aromatic rings. The average molecular weight is 237 g/mol. The molecular formula is C6H3BrF2N2O. The third-order valence-corrected chi connectivity index (χ3v) is 1.67. The van der Waals surface area contributed by atoms with Crippen molar-refractivity contribution in [1.29, 1.82) is 0 Å². The van der Waals surface area contributed by atoms with Gasteiger partial charge in [-0.15, -0.1) is 0 Å². The van der Waals surface area contributed by atoms with Crippen LogP contribution in [0.15, 0.2) is 17.0 Å². The minimum atomic E-state index is -3.04. The van der Waals surface area contributed by atoms with Crippen LogP contribution in [0.3, 0.4) is 0 Å². The van der Waals surface area contributed by atoms with Crippen LogP contribution in [0.25, 0.3) is 0 Å². The Labute approximate surface area is 75.0 Å². The number of ketones is 1. The first kappa shape index (κ1) is 9.18. The Morgan fingerprint density at radius 3 is 2.50 bits per heavy atom. The molecule has 3 nitrogen and oxygen atoms in total. The molecule has 0 unspecified atom stereocenters. The van der Waals surface area contributed by atoms with Gasteiger partial charge in [-0.2, -0.15) is 0 Å². The van der Waals surface area contributed by atoms with Gasteiger partial charge in [0.1, 0.15) is 10.3 Å². The number of alkyl halides is 2. The van der Waals surface area contributed by atoms with Gasteiger partial charge in [-0.1, -0.05) is 0 Å². The zero-order valence-corrected chi connectivity index (χ0v) is 7.25. The van der Waals surface area contributed by atoms with Gasteiger partial charge >= 0.3 is 6.43 Å². The predicted molar refractivity (Wildman–Crippen MR) is 40.1 cm³/mol. The molecular weight excluding hydrogens is 234 g/mol. The van der Waals surface area contributed by atoms with E-state index >= 15 is 0 Å². The largest absolute Gasteiger partial charge is 0.302 e. The summed E-state index contributed by atoms with van der Waals surface area (Å²) < 4.78 is 23.7. The molecule has 0 aliphatic heterocycles. The minimum Gasteiger partial charge on any atom is -0.286 e. The second-order valence-electron chi connectivity index (χ2n) is 1.86. The SMILES string of the molecule is O=C(c1nccnc1Br)C(F)F. The number of rotatable bonds is 2. The fourth-order valence-electron chi connectivity index (χ4n) is 0.590. The molecule has 0 radical (unpaired) electrons. The monoisotopic (exact) mass is 236 g/mol. The van der Waals surface area contributed by atoms with Crippen LogP contribution < -0.4 is 0 Å². The van der Waals surface area contributed by atoms with Gasteiger partial charge in [-0.3, -0.25) is 4.79 Å². The van der Waals surface area contributed by atoms with Crippen molar-refractivity contribution in [3.05, 3.63) is 22.7 Å². The van der Waals surface area contributed by atoms with Gasteiger partial charge < -0.3 is 0 Å². The van der Waals surface area contributed by atoms with E-state index in [4.69, 9.17) is 0 Å². The first-order valence-electron chi connectivity index (χ1n) is 2.92. The van der Waals surface area contributed by atoms with E-state index in [1.54, 1.807) is 0 Å². The van der Waals surface area contributed by atoms with Gasteiger partial charge in [-0.05, 0) is 15.9 Å². The van der Waals surface area contributed by atoms with E-state index < -0.39 is 12.2 Å². The Kier molecular flexibility index (Phi) is 2.80. The lowest BCUT2D eigenvalue weighted by atomic mass is 10.3. The Balaban J connectivity index is 3.03. The Morgan fingerprint density at radius 1 is 1.42 bits per heavy atom. The third kappa shape index (κ3) is 1.82. The lowest BCUT2D eigenvalue weighted by molar-refractivity contribution is 0.0671. The quantitative estimate of drug-likeness (QED) is 0.735. The smallest absolute Gasteiger partial charge is 0.286 e. The number of halogens is 3. The highest BCUT2D eigenvalue weighted by molar-refractivity contribution is 9.10. The molecule has 0 aliphatic carbocycles. The predicted octanol–water partition coefficient (Wildman–Crippen LogP) is 1.69. The number of hydrogen-bond donors (Lipinski definition) is 0. The zero-order chi connectivity index (χ0) is 9.14. The standard InChI is InChI=1S/C6H3BrF2N2O/c7-5-3(4(12)6(8)9)10-1-2-11-5/h1-2,6H. The van der Waals surface area contributed by atoms with Gasteiger partial charge in [-0.25, -0.2) is 18.7 Å². The van der Waals surface area contributed by atoms with Crippen molar-refractivity contribution >= 4 is 21.7 Å². The summed E-state index contributed by atoms with van der Waals surface area (Å²) in [5, 5.41) is 0. The van der Waals surface area contributed by atoms with Crippen molar-refractivity contribution in [2.75, 3.05) is 0 Å². The Hall–Kier alpha value is -0.910. The van der Waals surface area contributed by atoms with Gasteiger partial charge in [0.15, 0.2) is 0 Å². The summed E-state index contributed by atoms with van der Waals surface area (Å²) in [6, 6.07) is 0. The number of nitrogens with zero attached hydrogens (tertiary/aromatic N) is 2. The number of Topliss-reactive ketones (excluding diaryl/α,β-unsaturated/α-hetero) is 1. The van der Waals surface area contributed by atoms with Crippen LogP contribution in [0.2, 0.25) is 0 Å². The second kappa shape index (κ2) is 3.66. The molecule has 0 amide bonds. The van der Waals surface area contributed by atoms with Crippen molar-refractivity contribution in [2.24, 2.45) is 0 Å². The molecule has 0 N–H and O–H groups in total. The summed E-state index contributed by atoms with van der Waals surface area (Å²) in [6.45, 7) is 0. The van der Waals surface area contributed by atoms with Crippen molar-refractivity contribution in [3.63, 3.8) is 0 Å². The molecule has 0 saturated carbocycles. The normalized spacial score (nSPS) is 10.3. The fraction of sp³-hybridized carbons (Fsp3) is 0.167. The molecule has 0 atom stereocenters.